The third-order valence-electron chi connectivity index (χ3n) is 6.45. The molecule has 2 amide bonds. The smallest absolute Gasteiger partial charge is 0.243 e. The molecule has 7 nitrogen and oxygen atoms in total. The van der Waals surface area contributed by atoms with Crippen molar-refractivity contribution in [2.75, 3.05) is 46.4 Å². The number of piperidine rings is 1. The topological polar surface area (TPSA) is 87.9 Å². The van der Waals surface area contributed by atoms with Gasteiger partial charge in [0, 0.05) is 32.7 Å². The maximum absolute atomic E-state index is 13.0. The number of aliphatic hydroxyl groups excluding tert-OH is 1. The van der Waals surface area contributed by atoms with Crippen molar-refractivity contribution in [2.45, 2.75) is 44.1 Å². The van der Waals surface area contributed by atoms with Crippen LogP contribution in [0.3, 0.4) is 0 Å². The van der Waals surface area contributed by atoms with E-state index in [1.165, 1.54) is 0 Å². The molecule has 0 bridgehead atoms. The number of likely N-dealkylation sites (tertiary alicyclic amines) is 1. The van der Waals surface area contributed by atoms with E-state index in [9.17, 15) is 20.0 Å². The van der Waals surface area contributed by atoms with Crippen LogP contribution in [-0.2, 0) is 9.59 Å². The summed E-state index contributed by atoms with van der Waals surface area (Å²) in [6.45, 7) is 2.80. The van der Waals surface area contributed by atoms with Gasteiger partial charge in [-0.05, 0) is 32.7 Å². The van der Waals surface area contributed by atoms with Gasteiger partial charge in [-0.15, -0.1) is 0 Å². The minimum atomic E-state index is -0.837. The van der Waals surface area contributed by atoms with Crippen molar-refractivity contribution in [1.29, 1.82) is 5.26 Å². The lowest BCUT2D eigenvalue weighted by Gasteiger charge is -2.52. The van der Waals surface area contributed by atoms with E-state index >= 15 is 0 Å². The van der Waals surface area contributed by atoms with Crippen LogP contribution in [0.15, 0.2) is 0 Å². The third kappa shape index (κ3) is 2.91. The van der Waals surface area contributed by atoms with Gasteiger partial charge in [-0.3, -0.25) is 14.5 Å². The van der Waals surface area contributed by atoms with Gasteiger partial charge >= 0.3 is 0 Å². The van der Waals surface area contributed by atoms with E-state index in [2.05, 4.69) is 11.0 Å². The van der Waals surface area contributed by atoms with Gasteiger partial charge in [0.1, 0.15) is 11.0 Å². The fraction of sp³-hybridized carbons (Fsp3) is 0.833. The minimum Gasteiger partial charge on any atom is -0.395 e. The molecule has 1 spiro atoms. The lowest BCUT2D eigenvalue weighted by atomic mass is 9.80. The summed E-state index contributed by atoms with van der Waals surface area (Å²) in [6, 6.07) is 2.28. The third-order valence-corrected chi connectivity index (χ3v) is 6.45. The van der Waals surface area contributed by atoms with Crippen LogP contribution in [0, 0.1) is 16.7 Å². The zero-order valence-electron chi connectivity index (χ0n) is 15.0. The summed E-state index contributed by atoms with van der Waals surface area (Å²) in [4.78, 5) is 31.5. The molecule has 0 unspecified atom stereocenters. The van der Waals surface area contributed by atoms with Gasteiger partial charge in [-0.1, -0.05) is 12.8 Å². The van der Waals surface area contributed by atoms with Gasteiger partial charge in [-0.2, -0.15) is 5.26 Å². The molecule has 1 saturated carbocycles. The number of likely N-dealkylation sites (N-methyl/N-ethyl adjacent to an activating group) is 1. The average molecular weight is 348 g/mol. The van der Waals surface area contributed by atoms with Gasteiger partial charge in [0.05, 0.1) is 12.7 Å². The number of piperazine rings is 1. The fourth-order valence-corrected chi connectivity index (χ4v) is 4.71. The molecule has 1 aliphatic carbocycles. The first kappa shape index (κ1) is 18.2. The van der Waals surface area contributed by atoms with E-state index in [4.69, 9.17) is 0 Å². The molecule has 25 heavy (non-hydrogen) atoms. The molecule has 0 aromatic rings. The van der Waals surface area contributed by atoms with Crippen molar-refractivity contribution in [3.63, 3.8) is 0 Å². The molecular formula is C18H28N4O3. The van der Waals surface area contributed by atoms with Crippen LogP contribution in [0.25, 0.3) is 0 Å². The van der Waals surface area contributed by atoms with Gasteiger partial charge in [0.25, 0.3) is 0 Å². The zero-order valence-corrected chi connectivity index (χ0v) is 15.0. The van der Waals surface area contributed by atoms with E-state index in [0.717, 1.165) is 19.4 Å². The SMILES string of the molecule is CN1CCN(CCO)C(=O)C12CCN(C(=O)C1(C#N)CCCC1)CC2. The van der Waals surface area contributed by atoms with Crippen molar-refractivity contribution in [3.05, 3.63) is 0 Å². The van der Waals surface area contributed by atoms with Gasteiger partial charge in [0.2, 0.25) is 11.8 Å². The Hall–Kier alpha value is -1.65. The second-order valence-electron chi connectivity index (χ2n) is 7.66. The maximum Gasteiger partial charge on any atom is 0.243 e. The van der Waals surface area contributed by atoms with Crippen molar-refractivity contribution < 1.29 is 14.7 Å². The van der Waals surface area contributed by atoms with E-state index in [1.54, 1.807) is 9.80 Å². The monoisotopic (exact) mass is 348 g/mol. The maximum atomic E-state index is 13.0. The Morgan fingerprint density at radius 2 is 1.80 bits per heavy atom. The first-order valence-electron chi connectivity index (χ1n) is 9.31. The largest absolute Gasteiger partial charge is 0.395 e. The Morgan fingerprint density at radius 3 is 2.36 bits per heavy atom. The Bertz CT molecular complexity index is 571. The van der Waals surface area contributed by atoms with Crippen molar-refractivity contribution in [1.82, 2.24) is 14.7 Å². The Labute approximate surface area is 149 Å². The number of amides is 2. The molecule has 0 aromatic carbocycles. The van der Waals surface area contributed by atoms with E-state index in [1.807, 2.05) is 7.05 Å². The summed E-state index contributed by atoms with van der Waals surface area (Å²) in [6.07, 6.45) is 4.39. The molecule has 0 aromatic heterocycles. The van der Waals surface area contributed by atoms with Crippen LogP contribution in [-0.4, -0.2) is 83.5 Å². The van der Waals surface area contributed by atoms with Crippen molar-refractivity contribution >= 4 is 11.8 Å². The molecule has 3 fully saturated rings. The van der Waals surface area contributed by atoms with Crippen LogP contribution < -0.4 is 0 Å². The molecule has 3 rings (SSSR count). The lowest BCUT2D eigenvalue weighted by Crippen LogP contribution is -2.68. The minimum absolute atomic E-state index is 0.0269. The molecule has 2 heterocycles. The van der Waals surface area contributed by atoms with Crippen LogP contribution >= 0.6 is 0 Å². The Kier molecular flexibility index (Phi) is 5.03. The Morgan fingerprint density at radius 1 is 1.16 bits per heavy atom. The number of carbonyl (C=O) groups is 2. The van der Waals surface area contributed by atoms with Crippen LogP contribution in [0.4, 0.5) is 0 Å². The Balaban J connectivity index is 1.71. The fourth-order valence-electron chi connectivity index (χ4n) is 4.71. The highest BCUT2D eigenvalue weighted by atomic mass is 16.3. The first-order chi connectivity index (χ1) is 12.0. The van der Waals surface area contributed by atoms with Gasteiger partial charge in [-0.25, -0.2) is 0 Å². The summed E-state index contributed by atoms with van der Waals surface area (Å²) in [5.74, 6) is 0.0266. The molecule has 2 saturated heterocycles. The molecule has 3 aliphatic rings. The summed E-state index contributed by atoms with van der Waals surface area (Å²) in [7, 11) is 1.97. The van der Waals surface area contributed by atoms with Crippen LogP contribution in [0.5, 0.6) is 0 Å². The number of hydrogen-bond donors (Lipinski definition) is 1. The van der Waals surface area contributed by atoms with E-state index in [0.29, 0.717) is 51.9 Å². The lowest BCUT2D eigenvalue weighted by molar-refractivity contribution is -0.158. The van der Waals surface area contributed by atoms with Crippen LogP contribution in [0.2, 0.25) is 0 Å². The number of hydrogen-bond acceptors (Lipinski definition) is 5. The van der Waals surface area contributed by atoms with E-state index in [-0.39, 0.29) is 18.4 Å². The highest BCUT2D eigenvalue weighted by Crippen LogP contribution is 2.41. The number of rotatable bonds is 3. The second-order valence-corrected chi connectivity index (χ2v) is 7.66. The number of carbonyl (C=O) groups excluding carboxylic acids is 2. The molecule has 1 N–H and O–H groups in total. The molecule has 0 atom stereocenters. The number of nitrogens with zero attached hydrogens (tertiary/aromatic N) is 4. The molecule has 0 radical (unpaired) electrons. The highest BCUT2D eigenvalue weighted by Gasteiger charge is 2.51. The first-order valence-corrected chi connectivity index (χ1v) is 9.31. The number of nitriles is 1. The summed E-state index contributed by atoms with van der Waals surface area (Å²) < 4.78 is 0. The van der Waals surface area contributed by atoms with Gasteiger partial charge in [0.15, 0.2) is 0 Å². The molecule has 2 aliphatic heterocycles. The predicted octanol–water partition coefficient (Wildman–Crippen LogP) is 0.198. The normalized spacial score (nSPS) is 26.0. The number of β-amino-alcohol motifs (C(OH)–C–C–N with tert-alkyl or cyclic N) is 1. The van der Waals surface area contributed by atoms with E-state index < -0.39 is 11.0 Å². The quantitative estimate of drug-likeness (QED) is 0.787. The summed E-state index contributed by atoms with van der Waals surface area (Å²) in [5, 5.41) is 18.7. The van der Waals surface area contributed by atoms with Gasteiger partial charge < -0.3 is 14.9 Å². The summed E-state index contributed by atoms with van der Waals surface area (Å²) >= 11 is 0. The molecule has 138 valence electrons. The highest BCUT2D eigenvalue weighted by molar-refractivity contribution is 5.89. The second kappa shape index (κ2) is 6.93. The van der Waals surface area contributed by atoms with Crippen molar-refractivity contribution in [2.24, 2.45) is 5.41 Å². The molecular weight excluding hydrogens is 320 g/mol. The van der Waals surface area contributed by atoms with Crippen molar-refractivity contribution in [3.8, 4) is 6.07 Å². The average Bonchev–Trinajstić information content (AvgIpc) is 3.13. The zero-order chi connectivity index (χ0) is 18.1. The molecule has 7 heteroatoms. The summed E-state index contributed by atoms with van der Waals surface area (Å²) in [5.41, 5.74) is -1.41. The standard InChI is InChI=1S/C18H28N4O3/c1-20-10-11-22(12-13-23)16(25)18(20)6-8-21(9-7-18)15(24)17(14-19)4-2-3-5-17/h23H,2-13H2,1H3. The number of aliphatic hydroxyl groups is 1. The predicted molar refractivity (Wildman–Crippen MR) is 91.4 cm³/mol. The van der Waals surface area contributed by atoms with Crippen LogP contribution in [0.1, 0.15) is 38.5 Å².